The quantitative estimate of drug-likeness (QED) is 0.782. The van der Waals surface area contributed by atoms with Crippen LogP contribution in [-0.4, -0.2) is 26.2 Å². The molecule has 0 amide bonds. The van der Waals surface area contributed by atoms with Crippen LogP contribution in [0.25, 0.3) is 0 Å². The fourth-order valence-electron chi connectivity index (χ4n) is 1.35. The van der Waals surface area contributed by atoms with Crippen molar-refractivity contribution in [2.45, 2.75) is 6.92 Å². The van der Waals surface area contributed by atoms with Crippen LogP contribution >= 0.6 is 0 Å². The maximum absolute atomic E-state index is 11.2. The average Bonchev–Trinajstić information content (AvgIpc) is 2.36. The number of esters is 1. The molecule has 0 saturated carbocycles. The highest BCUT2D eigenvalue weighted by molar-refractivity contribution is 5.77. The Kier molecular flexibility index (Phi) is 4.82. The van der Waals surface area contributed by atoms with E-state index in [9.17, 15) is 4.79 Å². The number of para-hydroxylation sites is 1. The smallest absolute Gasteiger partial charge is 0.325 e. The van der Waals surface area contributed by atoms with Crippen molar-refractivity contribution in [1.82, 2.24) is 0 Å². The van der Waals surface area contributed by atoms with E-state index in [2.05, 4.69) is 5.32 Å². The monoisotopic (exact) mass is 234 g/mol. The van der Waals surface area contributed by atoms with Crippen LogP contribution < -0.4 is 10.1 Å². The highest BCUT2D eigenvalue weighted by atomic mass is 16.5. The van der Waals surface area contributed by atoms with E-state index in [1.54, 1.807) is 25.1 Å². The predicted octanol–water partition coefficient (Wildman–Crippen LogP) is 1.54. The average molecular weight is 234 g/mol. The molecule has 0 spiro atoms. The molecule has 1 N–H and O–H groups in total. The minimum Gasteiger partial charge on any atom is -0.495 e. The van der Waals surface area contributed by atoms with E-state index in [-0.39, 0.29) is 12.5 Å². The summed E-state index contributed by atoms with van der Waals surface area (Å²) in [5, 5.41) is 11.8. The van der Waals surface area contributed by atoms with E-state index < -0.39 is 0 Å². The number of nitrogens with zero attached hydrogens (tertiary/aromatic N) is 1. The van der Waals surface area contributed by atoms with Crippen LogP contribution in [0.4, 0.5) is 5.69 Å². The number of nitrogens with one attached hydrogen (secondary N) is 1. The number of rotatable bonds is 5. The lowest BCUT2D eigenvalue weighted by Gasteiger charge is -2.11. The van der Waals surface area contributed by atoms with Gasteiger partial charge < -0.3 is 14.8 Å². The molecule has 0 aromatic heterocycles. The van der Waals surface area contributed by atoms with E-state index in [0.717, 1.165) is 0 Å². The summed E-state index contributed by atoms with van der Waals surface area (Å²) in [6, 6.07) is 7.11. The maximum atomic E-state index is 11.2. The Bertz CT molecular complexity index is 438. The fraction of sp³-hybridized carbons (Fsp3) is 0.333. The Labute approximate surface area is 100.0 Å². The highest BCUT2D eigenvalue weighted by Gasteiger charge is 2.10. The molecule has 1 rings (SSSR count). The molecule has 90 valence electrons. The van der Waals surface area contributed by atoms with Gasteiger partial charge in [0.05, 0.1) is 25.0 Å². The minimum atomic E-state index is -0.373. The highest BCUT2D eigenvalue weighted by Crippen LogP contribution is 2.27. The third-order valence-electron chi connectivity index (χ3n) is 2.08. The molecule has 0 heterocycles. The second kappa shape index (κ2) is 6.38. The summed E-state index contributed by atoms with van der Waals surface area (Å²) in [6.07, 6.45) is 0. The molecule has 0 atom stereocenters. The maximum Gasteiger partial charge on any atom is 0.325 e. The third kappa shape index (κ3) is 3.38. The van der Waals surface area contributed by atoms with Gasteiger partial charge in [-0.3, -0.25) is 4.79 Å². The van der Waals surface area contributed by atoms with Gasteiger partial charge in [-0.25, -0.2) is 0 Å². The molecule has 0 bridgehead atoms. The van der Waals surface area contributed by atoms with Crippen LogP contribution in [0.3, 0.4) is 0 Å². The number of nitriles is 1. The van der Waals surface area contributed by atoms with Gasteiger partial charge in [0, 0.05) is 0 Å². The van der Waals surface area contributed by atoms with E-state index in [1.807, 2.05) is 6.07 Å². The number of hydrogen-bond acceptors (Lipinski definition) is 5. The summed E-state index contributed by atoms with van der Waals surface area (Å²) in [5.74, 6) is 0.149. The first-order valence-corrected chi connectivity index (χ1v) is 5.19. The Morgan fingerprint density at radius 2 is 2.29 bits per heavy atom. The molecule has 5 nitrogen and oxygen atoms in total. The summed E-state index contributed by atoms with van der Waals surface area (Å²) in [5.41, 5.74) is 0.930. The zero-order valence-corrected chi connectivity index (χ0v) is 9.82. The lowest BCUT2D eigenvalue weighted by atomic mass is 10.2. The van der Waals surface area contributed by atoms with Gasteiger partial charge in [0.1, 0.15) is 18.4 Å². The van der Waals surface area contributed by atoms with Crippen molar-refractivity contribution in [2.75, 3.05) is 25.6 Å². The molecule has 0 fully saturated rings. The van der Waals surface area contributed by atoms with Crippen molar-refractivity contribution >= 4 is 11.7 Å². The second-order valence-corrected chi connectivity index (χ2v) is 3.15. The number of methoxy groups -OCH3 is 1. The molecule has 5 heteroatoms. The van der Waals surface area contributed by atoms with Gasteiger partial charge in [0.2, 0.25) is 0 Å². The summed E-state index contributed by atoms with van der Waals surface area (Å²) in [7, 11) is 1.51. The van der Waals surface area contributed by atoms with E-state index in [1.165, 1.54) is 7.11 Å². The molecular weight excluding hydrogens is 220 g/mol. The molecule has 0 aliphatic heterocycles. The predicted molar refractivity (Wildman–Crippen MR) is 62.8 cm³/mol. The Balaban J connectivity index is 2.82. The van der Waals surface area contributed by atoms with Crippen LogP contribution in [0.2, 0.25) is 0 Å². The van der Waals surface area contributed by atoms with Gasteiger partial charge in [0.15, 0.2) is 0 Å². The summed E-state index contributed by atoms with van der Waals surface area (Å²) >= 11 is 0. The van der Waals surface area contributed by atoms with E-state index >= 15 is 0 Å². The van der Waals surface area contributed by atoms with Gasteiger partial charge in [-0.1, -0.05) is 6.07 Å². The summed E-state index contributed by atoms with van der Waals surface area (Å²) in [6.45, 7) is 2.07. The fourth-order valence-corrected chi connectivity index (χ4v) is 1.35. The zero-order valence-electron chi connectivity index (χ0n) is 9.82. The molecule has 1 aromatic rings. The SMILES string of the molecule is CCOC(=O)CNc1c(C#N)cccc1OC. The number of ether oxygens (including phenoxy) is 2. The van der Waals surface area contributed by atoms with Crippen LogP contribution in [0.15, 0.2) is 18.2 Å². The lowest BCUT2D eigenvalue weighted by molar-refractivity contribution is -0.140. The van der Waals surface area contributed by atoms with Gasteiger partial charge in [-0.2, -0.15) is 5.26 Å². The molecule has 0 unspecified atom stereocenters. The first-order valence-electron chi connectivity index (χ1n) is 5.19. The summed E-state index contributed by atoms with van der Waals surface area (Å²) < 4.78 is 9.90. The van der Waals surface area contributed by atoms with Crippen LogP contribution in [0, 0.1) is 11.3 Å². The van der Waals surface area contributed by atoms with Crippen LogP contribution in [-0.2, 0) is 9.53 Å². The van der Waals surface area contributed by atoms with Crippen molar-refractivity contribution in [3.63, 3.8) is 0 Å². The Morgan fingerprint density at radius 1 is 1.53 bits per heavy atom. The largest absolute Gasteiger partial charge is 0.495 e. The number of anilines is 1. The van der Waals surface area contributed by atoms with Gasteiger partial charge in [0.25, 0.3) is 0 Å². The molecule has 1 aromatic carbocycles. The number of benzene rings is 1. The van der Waals surface area contributed by atoms with Crippen molar-refractivity contribution in [2.24, 2.45) is 0 Å². The number of hydrogen-bond donors (Lipinski definition) is 1. The van der Waals surface area contributed by atoms with Gasteiger partial charge in [-0.05, 0) is 19.1 Å². The van der Waals surface area contributed by atoms with Crippen molar-refractivity contribution in [3.8, 4) is 11.8 Å². The normalized spacial score (nSPS) is 9.24. The van der Waals surface area contributed by atoms with Gasteiger partial charge >= 0.3 is 5.97 Å². The second-order valence-electron chi connectivity index (χ2n) is 3.15. The zero-order chi connectivity index (χ0) is 12.7. The van der Waals surface area contributed by atoms with Gasteiger partial charge in [-0.15, -0.1) is 0 Å². The Morgan fingerprint density at radius 3 is 2.88 bits per heavy atom. The van der Waals surface area contributed by atoms with Crippen LogP contribution in [0.1, 0.15) is 12.5 Å². The standard InChI is InChI=1S/C12H14N2O3/c1-3-17-11(15)8-14-12-9(7-13)5-4-6-10(12)16-2/h4-6,14H,3,8H2,1-2H3. The number of carbonyl (C=O) groups excluding carboxylic acids is 1. The molecule has 0 radical (unpaired) electrons. The van der Waals surface area contributed by atoms with Crippen LogP contribution in [0.5, 0.6) is 5.75 Å². The van der Waals surface area contributed by atoms with E-state index in [4.69, 9.17) is 14.7 Å². The molecular formula is C12H14N2O3. The molecule has 0 aliphatic rings. The summed E-state index contributed by atoms with van der Waals surface area (Å²) in [4.78, 5) is 11.2. The van der Waals surface area contributed by atoms with Crippen molar-refractivity contribution < 1.29 is 14.3 Å². The molecule has 17 heavy (non-hydrogen) atoms. The van der Waals surface area contributed by atoms with Crippen molar-refractivity contribution in [1.29, 1.82) is 5.26 Å². The topological polar surface area (TPSA) is 71.3 Å². The molecule has 0 saturated heterocycles. The van der Waals surface area contributed by atoms with Crippen molar-refractivity contribution in [3.05, 3.63) is 23.8 Å². The lowest BCUT2D eigenvalue weighted by Crippen LogP contribution is -2.17. The van der Waals surface area contributed by atoms with E-state index in [0.29, 0.717) is 23.6 Å². The minimum absolute atomic E-state index is 0.00287. The number of carbonyl (C=O) groups is 1. The first-order chi connectivity index (χ1) is 8.22. The third-order valence-corrected chi connectivity index (χ3v) is 2.08. The Hall–Kier alpha value is -2.22. The molecule has 0 aliphatic carbocycles. The first kappa shape index (κ1) is 12.8.